The van der Waals surface area contributed by atoms with Crippen LogP contribution in [0.4, 0.5) is 0 Å². The van der Waals surface area contributed by atoms with Crippen LogP contribution in [-0.2, 0) is 4.74 Å². The Morgan fingerprint density at radius 1 is 1.26 bits per heavy atom. The first-order valence-corrected chi connectivity index (χ1v) is 10.2. The van der Waals surface area contributed by atoms with Crippen LogP contribution in [0.15, 0.2) is 24.3 Å². The van der Waals surface area contributed by atoms with Crippen LogP contribution in [0, 0.1) is 5.92 Å². The molecule has 7 heteroatoms. The Labute approximate surface area is 163 Å². The lowest BCUT2D eigenvalue weighted by molar-refractivity contribution is 0.0358. The fourth-order valence-corrected chi connectivity index (χ4v) is 3.85. The van der Waals surface area contributed by atoms with Crippen molar-refractivity contribution in [2.45, 2.75) is 12.5 Å². The van der Waals surface area contributed by atoms with Gasteiger partial charge in [-0.3, -0.25) is 10.3 Å². The normalized spacial score (nSPS) is 23.8. The highest BCUT2D eigenvalue weighted by Gasteiger charge is 2.28. The van der Waals surface area contributed by atoms with Gasteiger partial charge in [-0.05, 0) is 31.2 Å². The molecule has 0 spiro atoms. The van der Waals surface area contributed by atoms with Crippen molar-refractivity contribution in [3.8, 4) is 5.75 Å². The zero-order valence-corrected chi connectivity index (χ0v) is 16.5. The van der Waals surface area contributed by atoms with Crippen molar-refractivity contribution in [2.24, 2.45) is 11.7 Å². The molecule has 2 fully saturated rings. The van der Waals surface area contributed by atoms with Crippen LogP contribution in [0.25, 0.3) is 0 Å². The Bertz CT molecular complexity index is 536. The number of hydrazine groups is 1. The molecule has 0 amide bonds. The summed E-state index contributed by atoms with van der Waals surface area (Å²) in [4.78, 5) is 4.74. The largest absolute Gasteiger partial charge is 0.494 e. The van der Waals surface area contributed by atoms with Crippen LogP contribution >= 0.6 is 0 Å². The molecule has 2 aliphatic rings. The van der Waals surface area contributed by atoms with Gasteiger partial charge in [0.2, 0.25) is 0 Å². The van der Waals surface area contributed by atoms with E-state index in [2.05, 4.69) is 52.0 Å². The quantitative estimate of drug-likeness (QED) is 0.511. The minimum Gasteiger partial charge on any atom is -0.494 e. The smallest absolute Gasteiger partial charge is 0.119 e. The minimum absolute atomic E-state index is 0.320. The minimum atomic E-state index is 0.320. The first-order chi connectivity index (χ1) is 13.3. The molecule has 152 valence electrons. The molecule has 0 saturated carbocycles. The molecule has 27 heavy (non-hydrogen) atoms. The highest BCUT2D eigenvalue weighted by atomic mass is 16.5. The molecular weight excluding hydrogens is 342 g/mol. The van der Waals surface area contributed by atoms with E-state index >= 15 is 0 Å². The van der Waals surface area contributed by atoms with Gasteiger partial charge in [0.25, 0.3) is 0 Å². The van der Waals surface area contributed by atoms with Crippen LogP contribution in [0.2, 0.25) is 0 Å². The Morgan fingerprint density at radius 3 is 2.78 bits per heavy atom. The lowest BCUT2D eigenvalue weighted by atomic mass is 9.94. The lowest BCUT2D eigenvalue weighted by Crippen LogP contribution is -2.37. The summed E-state index contributed by atoms with van der Waals surface area (Å²) in [5.74, 6) is 1.48. The van der Waals surface area contributed by atoms with E-state index in [-0.39, 0.29) is 0 Å². The van der Waals surface area contributed by atoms with E-state index < -0.39 is 0 Å². The highest BCUT2D eigenvalue weighted by Crippen LogP contribution is 2.27. The van der Waals surface area contributed by atoms with E-state index in [1.54, 1.807) is 0 Å². The third kappa shape index (κ3) is 6.41. The topological polar surface area (TPSA) is 75.0 Å². The molecule has 0 bridgehead atoms. The second-order valence-corrected chi connectivity index (χ2v) is 7.54. The standard InChI is InChI=1S/C20H35N5O2/c1-24(9-7-21)16-18-15-22-23-20(18)17-3-5-19(6-4-17)27-12-2-8-25-10-13-26-14-11-25/h3-6,18,20,22-23H,2,7-16,21H2,1H3. The van der Waals surface area contributed by atoms with Gasteiger partial charge in [-0.25, -0.2) is 5.43 Å². The van der Waals surface area contributed by atoms with E-state index in [9.17, 15) is 0 Å². The average molecular weight is 378 g/mol. The number of benzene rings is 1. The van der Waals surface area contributed by atoms with Crippen LogP contribution < -0.4 is 21.3 Å². The predicted octanol–water partition coefficient (Wildman–Crippen LogP) is 0.443. The summed E-state index contributed by atoms with van der Waals surface area (Å²) >= 11 is 0. The first-order valence-electron chi connectivity index (χ1n) is 10.2. The van der Waals surface area contributed by atoms with Gasteiger partial charge in [0.15, 0.2) is 0 Å². The fraction of sp³-hybridized carbons (Fsp3) is 0.700. The van der Waals surface area contributed by atoms with Gasteiger partial charge < -0.3 is 20.1 Å². The number of nitrogens with zero attached hydrogens (tertiary/aromatic N) is 2. The number of nitrogens with two attached hydrogens (primary N) is 1. The lowest BCUT2D eigenvalue weighted by Gasteiger charge is -2.26. The molecule has 0 aromatic heterocycles. The molecule has 2 aliphatic heterocycles. The van der Waals surface area contributed by atoms with Crippen LogP contribution in [0.1, 0.15) is 18.0 Å². The molecule has 2 saturated heterocycles. The molecule has 2 atom stereocenters. The molecule has 0 radical (unpaired) electrons. The van der Waals surface area contributed by atoms with Gasteiger partial charge in [0, 0.05) is 51.7 Å². The average Bonchev–Trinajstić information content (AvgIpc) is 3.15. The molecule has 2 heterocycles. The maximum Gasteiger partial charge on any atom is 0.119 e. The summed E-state index contributed by atoms with van der Waals surface area (Å²) in [5, 5.41) is 0. The van der Waals surface area contributed by atoms with E-state index in [0.29, 0.717) is 18.5 Å². The molecule has 1 aromatic carbocycles. The summed E-state index contributed by atoms with van der Waals surface area (Å²) in [6.07, 6.45) is 1.05. The molecule has 0 aliphatic carbocycles. The summed E-state index contributed by atoms with van der Waals surface area (Å²) in [5.41, 5.74) is 13.7. The van der Waals surface area contributed by atoms with E-state index in [1.807, 2.05) is 0 Å². The molecular formula is C20H35N5O2. The van der Waals surface area contributed by atoms with Crippen molar-refractivity contribution in [1.29, 1.82) is 0 Å². The van der Waals surface area contributed by atoms with Gasteiger partial charge in [-0.1, -0.05) is 12.1 Å². The second-order valence-electron chi connectivity index (χ2n) is 7.54. The maximum absolute atomic E-state index is 5.92. The first kappa shape index (κ1) is 20.5. The van der Waals surface area contributed by atoms with E-state index in [1.165, 1.54) is 5.56 Å². The Balaban J connectivity index is 1.42. The van der Waals surface area contributed by atoms with E-state index in [0.717, 1.165) is 71.3 Å². The van der Waals surface area contributed by atoms with Gasteiger partial charge in [-0.15, -0.1) is 0 Å². The van der Waals surface area contributed by atoms with Crippen molar-refractivity contribution >= 4 is 0 Å². The van der Waals surface area contributed by atoms with Crippen LogP contribution in [0.5, 0.6) is 5.75 Å². The molecule has 3 rings (SSSR count). The van der Waals surface area contributed by atoms with E-state index in [4.69, 9.17) is 15.2 Å². The molecule has 4 N–H and O–H groups in total. The number of hydrogen-bond acceptors (Lipinski definition) is 7. The number of ether oxygens (including phenoxy) is 2. The molecule has 2 unspecified atom stereocenters. The zero-order valence-electron chi connectivity index (χ0n) is 16.5. The summed E-state index contributed by atoms with van der Waals surface area (Å²) in [6.45, 7) is 9.26. The second kappa shape index (κ2) is 10.9. The van der Waals surface area contributed by atoms with Gasteiger partial charge in [0.1, 0.15) is 5.75 Å². The van der Waals surface area contributed by atoms with Crippen molar-refractivity contribution in [3.05, 3.63) is 29.8 Å². The summed E-state index contributed by atoms with van der Waals surface area (Å²) < 4.78 is 11.3. The number of morpholine rings is 1. The Hall–Kier alpha value is -1.22. The van der Waals surface area contributed by atoms with Crippen molar-refractivity contribution in [1.82, 2.24) is 20.7 Å². The predicted molar refractivity (Wildman–Crippen MR) is 108 cm³/mol. The maximum atomic E-state index is 5.92. The summed E-state index contributed by atoms with van der Waals surface area (Å²) in [7, 11) is 2.14. The van der Waals surface area contributed by atoms with Crippen LogP contribution in [0.3, 0.4) is 0 Å². The number of rotatable bonds is 10. The number of hydrogen-bond donors (Lipinski definition) is 3. The van der Waals surface area contributed by atoms with Gasteiger partial charge in [-0.2, -0.15) is 0 Å². The molecule has 7 nitrogen and oxygen atoms in total. The monoisotopic (exact) mass is 377 g/mol. The van der Waals surface area contributed by atoms with Gasteiger partial charge in [0.05, 0.1) is 25.9 Å². The molecule has 1 aromatic rings. The van der Waals surface area contributed by atoms with Crippen LogP contribution in [-0.4, -0.2) is 82.5 Å². The SMILES string of the molecule is CN(CCN)CC1CNNC1c1ccc(OCCCN2CCOCC2)cc1. The highest BCUT2D eigenvalue weighted by molar-refractivity contribution is 5.30. The Kier molecular flexibility index (Phi) is 8.32. The van der Waals surface area contributed by atoms with Crippen molar-refractivity contribution in [3.63, 3.8) is 0 Å². The van der Waals surface area contributed by atoms with Gasteiger partial charge >= 0.3 is 0 Å². The number of nitrogens with one attached hydrogen (secondary N) is 2. The van der Waals surface area contributed by atoms with Crippen molar-refractivity contribution < 1.29 is 9.47 Å². The third-order valence-electron chi connectivity index (χ3n) is 5.38. The fourth-order valence-electron chi connectivity index (χ4n) is 3.85. The Morgan fingerprint density at radius 2 is 2.04 bits per heavy atom. The number of likely N-dealkylation sites (N-methyl/N-ethyl adjacent to an activating group) is 1. The summed E-state index contributed by atoms with van der Waals surface area (Å²) in [6, 6.07) is 8.85. The van der Waals surface area contributed by atoms with Crippen molar-refractivity contribution in [2.75, 3.05) is 72.7 Å². The zero-order chi connectivity index (χ0) is 18.9. The third-order valence-corrected chi connectivity index (χ3v) is 5.38.